The van der Waals surface area contributed by atoms with Crippen LogP contribution in [-0.2, 0) is 14.3 Å². The number of carbonyl (C=O) groups excluding carboxylic acids is 2. The third-order valence-corrected chi connectivity index (χ3v) is 7.44. The highest BCUT2D eigenvalue weighted by Gasteiger charge is 2.57. The van der Waals surface area contributed by atoms with Gasteiger partial charge in [-0.3, -0.25) is 9.59 Å². The minimum absolute atomic E-state index is 0.0153. The molecule has 1 aromatic carbocycles. The number of hydrogen-bond acceptors (Lipinski definition) is 3. The molecule has 2 atom stereocenters. The molecule has 4 nitrogen and oxygen atoms in total. The maximum Gasteiger partial charge on any atom is 0.306 e. The molecule has 0 radical (unpaired) electrons. The summed E-state index contributed by atoms with van der Waals surface area (Å²) in [6.07, 6.45) is 7.26. The van der Waals surface area contributed by atoms with E-state index in [0.29, 0.717) is 23.9 Å². The number of carbonyl (C=O) groups is 2. The molecular weight excluding hydrogens is 437 g/mol. The van der Waals surface area contributed by atoms with E-state index in [1.165, 1.54) is 31.4 Å². The van der Waals surface area contributed by atoms with Crippen LogP contribution >= 0.6 is 27.5 Å². The van der Waals surface area contributed by atoms with E-state index < -0.39 is 11.7 Å². The monoisotopic (exact) mass is 457 g/mol. The number of halogens is 3. The average Bonchev–Trinajstić information content (AvgIpc) is 2.53. The van der Waals surface area contributed by atoms with Crippen molar-refractivity contribution in [3.05, 3.63) is 29.0 Å². The average molecular weight is 459 g/mol. The lowest BCUT2D eigenvalue weighted by molar-refractivity contribution is -0.153. The highest BCUT2D eigenvalue weighted by molar-refractivity contribution is 9.10. The van der Waals surface area contributed by atoms with Gasteiger partial charge in [-0.15, -0.1) is 0 Å². The summed E-state index contributed by atoms with van der Waals surface area (Å²) >= 11 is 9.82. The van der Waals surface area contributed by atoms with Crippen molar-refractivity contribution in [2.24, 2.45) is 17.3 Å². The molecule has 1 aromatic rings. The summed E-state index contributed by atoms with van der Waals surface area (Å²) in [5, 5.41) is 2.64. The summed E-state index contributed by atoms with van der Waals surface area (Å²) in [4.78, 5) is 24.4. The van der Waals surface area contributed by atoms with Crippen LogP contribution in [0.3, 0.4) is 0 Å². The largest absolute Gasteiger partial charge is 0.456 e. The maximum absolute atomic E-state index is 13.1. The molecule has 0 unspecified atom stereocenters. The van der Waals surface area contributed by atoms with E-state index in [-0.39, 0.29) is 27.3 Å². The fourth-order valence-corrected chi connectivity index (χ4v) is 7.55. The van der Waals surface area contributed by atoms with Crippen LogP contribution in [0.2, 0.25) is 5.02 Å². The van der Waals surface area contributed by atoms with E-state index in [9.17, 15) is 14.0 Å². The molecule has 7 heteroatoms. The van der Waals surface area contributed by atoms with Gasteiger partial charge in [0.15, 0.2) is 6.61 Å². The molecule has 0 spiro atoms. The first-order valence-corrected chi connectivity index (χ1v) is 10.5. The van der Waals surface area contributed by atoms with Gasteiger partial charge in [0.05, 0.1) is 17.1 Å². The first kappa shape index (κ1) is 19.2. The number of anilines is 1. The number of ether oxygens (including phenoxy) is 1. The summed E-state index contributed by atoms with van der Waals surface area (Å²) in [6.45, 7) is -0.366. The number of benzene rings is 1. The Morgan fingerprint density at radius 1 is 1.26 bits per heavy atom. The van der Waals surface area contributed by atoms with E-state index in [2.05, 4.69) is 21.2 Å². The molecule has 0 heterocycles. The van der Waals surface area contributed by atoms with Crippen molar-refractivity contribution in [3.63, 3.8) is 0 Å². The van der Waals surface area contributed by atoms with Crippen LogP contribution in [-0.4, -0.2) is 22.8 Å². The van der Waals surface area contributed by atoms with E-state index in [4.69, 9.17) is 16.3 Å². The third-order valence-electron chi connectivity index (χ3n) is 6.20. The van der Waals surface area contributed by atoms with Crippen LogP contribution < -0.4 is 5.32 Å². The second kappa shape index (κ2) is 7.03. The Morgan fingerprint density at radius 3 is 2.59 bits per heavy atom. The molecule has 27 heavy (non-hydrogen) atoms. The first-order chi connectivity index (χ1) is 12.7. The predicted molar refractivity (Wildman–Crippen MR) is 104 cm³/mol. The van der Waals surface area contributed by atoms with Crippen molar-refractivity contribution in [2.75, 3.05) is 11.9 Å². The lowest BCUT2D eigenvalue weighted by atomic mass is 9.49. The molecule has 4 bridgehead atoms. The van der Waals surface area contributed by atoms with Crippen LogP contribution in [0, 0.1) is 23.1 Å². The summed E-state index contributed by atoms with van der Waals surface area (Å²) in [6, 6.07) is 3.70. The smallest absolute Gasteiger partial charge is 0.306 e. The fraction of sp³-hybridized carbons (Fsp3) is 0.600. The van der Waals surface area contributed by atoms with Gasteiger partial charge in [0.25, 0.3) is 5.91 Å². The Morgan fingerprint density at radius 2 is 1.96 bits per heavy atom. The standard InChI is InChI=1S/C20H22BrClFNO3/c21-20-7-12-3-13(8-20)6-19(5-12,11-20)9-18(26)27-10-17(25)24-16-2-1-14(23)4-15(16)22/h1-2,4,12-13H,3,5-11H2,(H,24,25)/t12-,13-,19?,20?/m1/s1. The molecule has 1 amide bonds. The number of esters is 1. The Bertz CT molecular complexity index is 772. The Balaban J connectivity index is 1.30. The number of rotatable bonds is 5. The number of alkyl halides is 1. The van der Waals surface area contributed by atoms with Crippen molar-refractivity contribution in [1.82, 2.24) is 0 Å². The Hall–Kier alpha value is -1.14. The SMILES string of the molecule is O=C(COC(=O)CC12C[C@H]3C[C@@H](CC(Br)(C3)C1)C2)Nc1ccc(F)cc1Cl. The molecule has 4 saturated carbocycles. The van der Waals surface area contributed by atoms with Crippen LogP contribution in [0.4, 0.5) is 10.1 Å². The summed E-state index contributed by atoms with van der Waals surface area (Å²) in [5.41, 5.74) is 0.308. The van der Waals surface area contributed by atoms with Gasteiger partial charge < -0.3 is 10.1 Å². The third kappa shape index (κ3) is 4.16. The summed E-state index contributed by atoms with van der Waals surface area (Å²) < 4.78 is 18.5. The van der Waals surface area contributed by atoms with Crippen molar-refractivity contribution >= 4 is 45.1 Å². The Labute approximate surface area is 171 Å². The molecule has 4 aliphatic rings. The van der Waals surface area contributed by atoms with E-state index in [0.717, 1.165) is 25.3 Å². The van der Waals surface area contributed by atoms with Crippen LogP contribution in [0.1, 0.15) is 44.9 Å². The quantitative estimate of drug-likeness (QED) is 0.494. The molecule has 4 fully saturated rings. The molecule has 0 aliphatic heterocycles. The normalized spacial score (nSPS) is 33.7. The summed E-state index contributed by atoms with van der Waals surface area (Å²) in [5.74, 6) is 0.0991. The van der Waals surface area contributed by atoms with Crippen molar-refractivity contribution in [1.29, 1.82) is 0 Å². The van der Waals surface area contributed by atoms with Crippen LogP contribution in [0.5, 0.6) is 0 Å². The zero-order chi connectivity index (χ0) is 19.2. The Kier molecular flexibility index (Phi) is 5.00. The van der Waals surface area contributed by atoms with Crippen LogP contribution in [0.25, 0.3) is 0 Å². The molecular formula is C20H22BrClFNO3. The predicted octanol–water partition coefficient (Wildman–Crippen LogP) is 5.08. The highest BCUT2D eigenvalue weighted by atomic mass is 79.9. The second-order valence-electron chi connectivity index (χ2n) is 8.62. The zero-order valence-corrected chi connectivity index (χ0v) is 17.2. The van der Waals surface area contributed by atoms with Gasteiger partial charge in [0, 0.05) is 4.32 Å². The maximum atomic E-state index is 13.1. The van der Waals surface area contributed by atoms with Crippen molar-refractivity contribution in [3.8, 4) is 0 Å². The van der Waals surface area contributed by atoms with Gasteiger partial charge in [-0.1, -0.05) is 27.5 Å². The molecule has 0 aromatic heterocycles. The van der Waals surface area contributed by atoms with Crippen molar-refractivity contribution < 1.29 is 18.7 Å². The van der Waals surface area contributed by atoms with Gasteiger partial charge >= 0.3 is 5.97 Å². The fourth-order valence-electron chi connectivity index (χ4n) is 5.82. The zero-order valence-electron chi connectivity index (χ0n) is 14.9. The lowest BCUT2D eigenvalue weighted by Gasteiger charge is -2.60. The second-order valence-corrected chi connectivity index (χ2v) is 10.7. The molecule has 1 N–H and O–H groups in total. The molecule has 146 valence electrons. The molecule has 4 aliphatic carbocycles. The molecule has 5 rings (SSSR count). The van der Waals surface area contributed by atoms with E-state index >= 15 is 0 Å². The van der Waals surface area contributed by atoms with Gasteiger partial charge in [-0.2, -0.15) is 0 Å². The van der Waals surface area contributed by atoms with E-state index in [1.54, 1.807) is 0 Å². The molecule has 0 saturated heterocycles. The minimum atomic E-state index is -0.487. The van der Waals surface area contributed by atoms with Gasteiger partial charge in [0.1, 0.15) is 5.82 Å². The van der Waals surface area contributed by atoms with Crippen LogP contribution in [0.15, 0.2) is 18.2 Å². The number of amides is 1. The van der Waals surface area contributed by atoms with Crippen molar-refractivity contribution in [2.45, 2.75) is 49.3 Å². The number of nitrogens with one attached hydrogen (secondary N) is 1. The summed E-state index contributed by atoms with van der Waals surface area (Å²) in [7, 11) is 0. The van der Waals surface area contributed by atoms with Gasteiger partial charge in [-0.25, -0.2) is 4.39 Å². The minimum Gasteiger partial charge on any atom is -0.456 e. The lowest BCUT2D eigenvalue weighted by Crippen LogP contribution is -2.53. The van der Waals surface area contributed by atoms with Gasteiger partial charge in [0.2, 0.25) is 0 Å². The number of hydrogen-bond donors (Lipinski definition) is 1. The topological polar surface area (TPSA) is 55.4 Å². The van der Waals surface area contributed by atoms with E-state index in [1.807, 2.05) is 0 Å². The first-order valence-electron chi connectivity index (χ1n) is 9.34. The highest BCUT2D eigenvalue weighted by Crippen LogP contribution is 2.65. The van der Waals surface area contributed by atoms with Gasteiger partial charge in [-0.05, 0) is 74.0 Å².